The van der Waals surface area contributed by atoms with Crippen LogP contribution in [0.25, 0.3) is 0 Å². The second-order valence-corrected chi connectivity index (χ2v) is 24.1. The molecule has 0 aliphatic heterocycles. The fraction of sp³-hybridized carbons (Fsp3) is 0.815. The quantitative estimate of drug-likeness (QED) is 0.0156. The Bertz CT molecular complexity index is 1470. The zero-order valence-corrected chi connectivity index (χ0v) is 50.9. The molecule has 1 amide bonds. The van der Waals surface area contributed by atoms with Gasteiger partial charge in [0, 0.05) is 12.8 Å². The second-order valence-electron chi connectivity index (χ2n) is 22.6. The van der Waals surface area contributed by atoms with Crippen LogP contribution >= 0.6 is 7.82 Å². The van der Waals surface area contributed by atoms with Gasteiger partial charge in [-0.15, -0.1) is 0 Å². The van der Waals surface area contributed by atoms with Gasteiger partial charge in [0.25, 0.3) is 0 Å². The standard InChI is InChI=1S/C65H121N2O7P/c1-7-10-13-16-19-22-25-28-30-31-32-33-34-35-37-40-43-46-49-52-55-58-65(69)74-63(56-53-50-47-44-41-38-27-24-21-18-15-12-9-3)62(61-73-75(70,71)72-60-59-67(4,5)6)66-64(68)57-54-51-48-45-42-39-36-29-26-23-20-17-14-11-8-2/h19-20,22-23,26,28-30,53,56,62-63H,7-18,21,24-25,27,31-52,54-55,57-61H2,1-6H3,(H-,66,68,70,71)/p+1/b22-19-,23-20+,29-26+,30-28-,56-53-. The first kappa shape index (κ1) is 72.7. The molecule has 2 N–H and O–H groups in total. The average molecular weight is 1070 g/mol. The minimum atomic E-state index is -4.45. The van der Waals surface area contributed by atoms with Crippen LogP contribution in [0, 0.1) is 0 Å². The van der Waals surface area contributed by atoms with E-state index in [1.807, 2.05) is 33.3 Å². The van der Waals surface area contributed by atoms with Crippen LogP contribution in [0.5, 0.6) is 0 Å². The molecule has 0 rings (SSSR count). The molecule has 0 aliphatic carbocycles. The van der Waals surface area contributed by atoms with Gasteiger partial charge >= 0.3 is 13.8 Å². The molecule has 0 fully saturated rings. The molecule has 3 atom stereocenters. The van der Waals surface area contributed by atoms with Crippen molar-refractivity contribution in [2.75, 3.05) is 40.9 Å². The topological polar surface area (TPSA) is 111 Å². The van der Waals surface area contributed by atoms with Crippen LogP contribution in [0.15, 0.2) is 60.8 Å². The maximum absolute atomic E-state index is 13.5. The zero-order valence-electron chi connectivity index (χ0n) is 50.0. The molecule has 75 heavy (non-hydrogen) atoms. The van der Waals surface area contributed by atoms with Crippen LogP contribution in [0.3, 0.4) is 0 Å². The summed E-state index contributed by atoms with van der Waals surface area (Å²) < 4.78 is 30.7. The number of hydrogen-bond acceptors (Lipinski definition) is 6. The minimum Gasteiger partial charge on any atom is -0.456 e. The van der Waals surface area contributed by atoms with Gasteiger partial charge in [0.05, 0.1) is 33.8 Å². The summed E-state index contributed by atoms with van der Waals surface area (Å²) >= 11 is 0. The second kappa shape index (κ2) is 55.0. The maximum Gasteiger partial charge on any atom is 0.472 e. The molecule has 0 aromatic heterocycles. The van der Waals surface area contributed by atoms with Crippen LogP contribution in [0.1, 0.15) is 290 Å². The van der Waals surface area contributed by atoms with E-state index < -0.39 is 20.0 Å². The van der Waals surface area contributed by atoms with E-state index >= 15 is 0 Å². The van der Waals surface area contributed by atoms with Crippen LogP contribution in [0.4, 0.5) is 0 Å². The summed E-state index contributed by atoms with van der Waals surface area (Å²) in [7, 11) is 1.49. The first-order valence-corrected chi connectivity index (χ1v) is 33.1. The van der Waals surface area contributed by atoms with Crippen LogP contribution in [-0.2, 0) is 27.9 Å². The number of rotatable bonds is 57. The molecule has 0 aromatic carbocycles. The fourth-order valence-electron chi connectivity index (χ4n) is 9.02. The van der Waals surface area contributed by atoms with Crippen molar-refractivity contribution in [3.05, 3.63) is 60.8 Å². The molecular formula is C65H122N2O7P+. The number of quaternary nitrogens is 1. The molecule has 0 saturated heterocycles. The van der Waals surface area contributed by atoms with Crippen LogP contribution < -0.4 is 5.32 Å². The highest BCUT2D eigenvalue weighted by molar-refractivity contribution is 7.47. The number of nitrogens with zero attached hydrogens (tertiary/aromatic N) is 1. The molecule has 0 bridgehead atoms. The molecule has 0 radical (unpaired) electrons. The molecule has 0 aromatic rings. The number of carbonyl (C=O) groups excluding carboxylic acids is 2. The van der Waals surface area contributed by atoms with Crippen molar-refractivity contribution in [1.82, 2.24) is 5.32 Å². The molecule has 438 valence electrons. The van der Waals surface area contributed by atoms with E-state index in [0.717, 1.165) is 83.5 Å². The summed E-state index contributed by atoms with van der Waals surface area (Å²) in [6, 6.07) is -0.856. The lowest BCUT2D eigenvalue weighted by atomic mass is 10.0. The first-order valence-electron chi connectivity index (χ1n) is 31.6. The molecule has 0 spiro atoms. The SMILES string of the molecule is CCCCC/C=C\C/C=C\CCCCCCCCCCCCCC(=O)OC(/C=C\CCCCCCCCCCCCC)C(COP(=O)(O)OCC[N+](C)(C)C)NC(=O)CCCCCCCC/C=C/C=C/CCCCC. The number of carbonyl (C=O) groups is 2. The minimum absolute atomic E-state index is 0.0368. The van der Waals surface area contributed by atoms with Crippen molar-refractivity contribution < 1.29 is 37.3 Å². The molecule has 9 nitrogen and oxygen atoms in total. The molecule has 10 heteroatoms. The number of phosphoric ester groups is 1. The largest absolute Gasteiger partial charge is 0.472 e. The summed E-state index contributed by atoms with van der Waals surface area (Å²) in [5.74, 6) is -0.515. The summed E-state index contributed by atoms with van der Waals surface area (Å²) in [5, 5.41) is 3.05. The van der Waals surface area contributed by atoms with Gasteiger partial charge in [-0.25, -0.2) is 4.57 Å². The number of amides is 1. The van der Waals surface area contributed by atoms with Crippen molar-refractivity contribution in [2.45, 2.75) is 303 Å². The molecule has 0 saturated carbocycles. The fourth-order valence-corrected chi connectivity index (χ4v) is 9.76. The van der Waals surface area contributed by atoms with Gasteiger partial charge in [0.2, 0.25) is 5.91 Å². The van der Waals surface area contributed by atoms with Crippen molar-refractivity contribution in [3.8, 4) is 0 Å². The Hall–Kier alpha value is -2.29. The third-order valence-electron chi connectivity index (χ3n) is 14.0. The lowest BCUT2D eigenvalue weighted by Gasteiger charge is -2.27. The van der Waals surface area contributed by atoms with E-state index in [4.69, 9.17) is 13.8 Å². The number of hydrogen-bond donors (Lipinski definition) is 2. The van der Waals surface area contributed by atoms with Crippen LogP contribution in [-0.4, -0.2) is 74.3 Å². The Balaban J connectivity index is 5.25. The van der Waals surface area contributed by atoms with E-state index in [-0.39, 0.29) is 31.5 Å². The van der Waals surface area contributed by atoms with Gasteiger partial charge in [-0.05, 0) is 89.5 Å². The van der Waals surface area contributed by atoms with Crippen molar-refractivity contribution in [1.29, 1.82) is 0 Å². The van der Waals surface area contributed by atoms with Gasteiger partial charge in [-0.2, -0.15) is 0 Å². The number of esters is 1. The molecular weight excluding hydrogens is 952 g/mol. The summed E-state index contributed by atoms with van der Waals surface area (Å²) in [4.78, 5) is 37.7. The highest BCUT2D eigenvalue weighted by Crippen LogP contribution is 2.43. The maximum atomic E-state index is 13.5. The Morgan fingerprint density at radius 1 is 0.480 bits per heavy atom. The lowest BCUT2D eigenvalue weighted by Crippen LogP contribution is -2.47. The Kier molecular flexibility index (Phi) is 53.4. The smallest absolute Gasteiger partial charge is 0.456 e. The number of likely N-dealkylation sites (N-methyl/N-ethyl adjacent to an activating group) is 1. The van der Waals surface area contributed by atoms with Gasteiger partial charge in [-0.3, -0.25) is 18.6 Å². The first-order chi connectivity index (χ1) is 36.4. The van der Waals surface area contributed by atoms with Crippen molar-refractivity contribution >= 4 is 19.7 Å². The van der Waals surface area contributed by atoms with Crippen molar-refractivity contribution in [2.24, 2.45) is 0 Å². The number of nitrogens with one attached hydrogen (secondary N) is 1. The third kappa shape index (κ3) is 56.2. The highest BCUT2D eigenvalue weighted by atomic mass is 31.2. The van der Waals surface area contributed by atoms with Crippen LogP contribution in [0.2, 0.25) is 0 Å². The van der Waals surface area contributed by atoms with E-state index in [2.05, 4.69) is 74.7 Å². The number of allylic oxidation sites excluding steroid dienone is 9. The lowest BCUT2D eigenvalue weighted by molar-refractivity contribution is -0.870. The van der Waals surface area contributed by atoms with E-state index in [0.29, 0.717) is 17.4 Å². The average Bonchev–Trinajstić information content (AvgIpc) is 3.37. The Labute approximate surface area is 464 Å². The van der Waals surface area contributed by atoms with E-state index in [1.54, 1.807) is 0 Å². The van der Waals surface area contributed by atoms with Gasteiger partial charge < -0.3 is 19.4 Å². The Morgan fingerprint density at radius 3 is 1.31 bits per heavy atom. The normalized spacial score (nSPS) is 14.1. The highest BCUT2D eigenvalue weighted by Gasteiger charge is 2.30. The van der Waals surface area contributed by atoms with Gasteiger partial charge in [-0.1, -0.05) is 249 Å². The van der Waals surface area contributed by atoms with Gasteiger partial charge in [0.1, 0.15) is 19.3 Å². The summed E-state index contributed by atoms with van der Waals surface area (Å²) in [6.07, 6.45) is 69.2. The number of ether oxygens (including phenoxy) is 1. The molecule has 0 heterocycles. The zero-order chi connectivity index (χ0) is 55.0. The Morgan fingerprint density at radius 2 is 0.853 bits per heavy atom. The molecule has 0 aliphatic rings. The van der Waals surface area contributed by atoms with E-state index in [9.17, 15) is 19.0 Å². The summed E-state index contributed by atoms with van der Waals surface area (Å²) in [6.45, 7) is 6.97. The predicted molar refractivity (Wildman–Crippen MR) is 323 cm³/mol. The van der Waals surface area contributed by atoms with Gasteiger partial charge in [0.15, 0.2) is 0 Å². The monoisotopic (exact) mass is 1070 g/mol. The van der Waals surface area contributed by atoms with Crippen molar-refractivity contribution in [3.63, 3.8) is 0 Å². The third-order valence-corrected chi connectivity index (χ3v) is 14.9. The predicted octanol–water partition coefficient (Wildman–Crippen LogP) is 19.4. The number of phosphoric acid groups is 1. The summed E-state index contributed by atoms with van der Waals surface area (Å²) in [5.41, 5.74) is 0. The van der Waals surface area contributed by atoms with E-state index in [1.165, 1.54) is 173 Å². The molecule has 3 unspecified atom stereocenters. The number of unbranched alkanes of at least 4 members (excludes halogenated alkanes) is 34.